The largest absolute Gasteiger partial charge is 0.322 e. The summed E-state index contributed by atoms with van der Waals surface area (Å²) in [5, 5.41) is 6.37. The van der Waals surface area contributed by atoms with Crippen molar-refractivity contribution in [2.45, 2.75) is 13.8 Å². The average molecular weight is 413 g/mol. The summed E-state index contributed by atoms with van der Waals surface area (Å²) in [6.45, 7) is 3.89. The summed E-state index contributed by atoms with van der Waals surface area (Å²) in [6, 6.07) is 17.2. The monoisotopic (exact) mass is 412 g/mol. The van der Waals surface area contributed by atoms with Crippen molar-refractivity contribution >= 4 is 46.4 Å². The lowest BCUT2D eigenvalue weighted by Crippen LogP contribution is -2.14. The standard InChI is InChI=1S/C22H18Cl2N2O2/c1-13-3-9-18(14(2)11-13)21(27)25-16-5-7-17(8-6-16)26-22(28)19-10-4-15(23)12-20(19)24/h3-12H,1-2H3,(H,25,27)(H,26,28). The molecule has 142 valence electrons. The molecule has 0 heterocycles. The molecule has 0 aliphatic carbocycles. The number of amides is 2. The van der Waals surface area contributed by atoms with Gasteiger partial charge in [-0.1, -0.05) is 40.9 Å². The van der Waals surface area contributed by atoms with Gasteiger partial charge >= 0.3 is 0 Å². The van der Waals surface area contributed by atoms with Gasteiger partial charge in [0.05, 0.1) is 10.6 Å². The van der Waals surface area contributed by atoms with Gasteiger partial charge in [-0.3, -0.25) is 9.59 Å². The second kappa shape index (κ2) is 8.46. The van der Waals surface area contributed by atoms with Crippen molar-refractivity contribution in [1.29, 1.82) is 0 Å². The van der Waals surface area contributed by atoms with Crippen LogP contribution in [0.3, 0.4) is 0 Å². The van der Waals surface area contributed by atoms with Crippen LogP contribution in [-0.4, -0.2) is 11.8 Å². The number of aryl methyl sites for hydroxylation is 2. The zero-order valence-corrected chi connectivity index (χ0v) is 16.9. The normalized spacial score (nSPS) is 10.4. The van der Waals surface area contributed by atoms with E-state index in [0.29, 0.717) is 27.5 Å². The first-order valence-corrected chi connectivity index (χ1v) is 9.34. The van der Waals surface area contributed by atoms with E-state index in [9.17, 15) is 9.59 Å². The number of rotatable bonds is 4. The maximum atomic E-state index is 12.5. The lowest BCUT2D eigenvalue weighted by atomic mass is 10.1. The van der Waals surface area contributed by atoms with E-state index in [4.69, 9.17) is 23.2 Å². The Kier molecular flexibility index (Phi) is 6.02. The molecular formula is C22H18Cl2N2O2. The highest BCUT2D eigenvalue weighted by Crippen LogP contribution is 2.23. The fourth-order valence-electron chi connectivity index (χ4n) is 2.78. The van der Waals surface area contributed by atoms with Gasteiger partial charge < -0.3 is 10.6 Å². The first kappa shape index (κ1) is 19.9. The molecule has 0 radical (unpaired) electrons. The summed E-state index contributed by atoms with van der Waals surface area (Å²) in [5.41, 5.74) is 4.20. The minimum atomic E-state index is -0.339. The molecule has 2 N–H and O–H groups in total. The summed E-state index contributed by atoms with van der Waals surface area (Å²) in [5.74, 6) is -0.518. The van der Waals surface area contributed by atoms with E-state index in [1.54, 1.807) is 36.4 Å². The molecule has 0 aromatic heterocycles. The maximum Gasteiger partial charge on any atom is 0.257 e. The van der Waals surface area contributed by atoms with Crippen LogP contribution in [0.4, 0.5) is 11.4 Å². The molecule has 0 aliphatic heterocycles. The Bertz CT molecular complexity index is 962. The molecule has 0 saturated carbocycles. The molecule has 0 spiro atoms. The van der Waals surface area contributed by atoms with Gasteiger partial charge in [0.15, 0.2) is 0 Å². The van der Waals surface area contributed by atoms with Gasteiger partial charge in [0, 0.05) is 22.0 Å². The van der Waals surface area contributed by atoms with Crippen molar-refractivity contribution in [1.82, 2.24) is 0 Å². The maximum absolute atomic E-state index is 12.5. The zero-order valence-electron chi connectivity index (χ0n) is 15.3. The molecule has 0 fully saturated rings. The third-order valence-electron chi connectivity index (χ3n) is 4.20. The Balaban J connectivity index is 1.67. The van der Waals surface area contributed by atoms with Crippen LogP contribution >= 0.6 is 23.2 Å². The summed E-state index contributed by atoms with van der Waals surface area (Å²) < 4.78 is 0. The first-order valence-electron chi connectivity index (χ1n) is 8.58. The van der Waals surface area contributed by atoms with Crippen molar-refractivity contribution in [2.24, 2.45) is 0 Å². The second-order valence-electron chi connectivity index (χ2n) is 6.43. The van der Waals surface area contributed by atoms with Gasteiger partial charge in [0.1, 0.15) is 0 Å². The van der Waals surface area contributed by atoms with E-state index in [1.807, 2.05) is 32.0 Å². The highest BCUT2D eigenvalue weighted by atomic mass is 35.5. The molecule has 0 atom stereocenters. The van der Waals surface area contributed by atoms with Gasteiger partial charge in [0.25, 0.3) is 11.8 Å². The Labute approximate surface area is 173 Å². The van der Waals surface area contributed by atoms with Crippen LogP contribution in [0.25, 0.3) is 0 Å². The van der Waals surface area contributed by atoms with Crippen LogP contribution in [0.15, 0.2) is 60.7 Å². The summed E-state index contributed by atoms with van der Waals surface area (Å²) >= 11 is 11.9. The van der Waals surface area contributed by atoms with Crippen molar-refractivity contribution in [3.05, 3.63) is 93.0 Å². The topological polar surface area (TPSA) is 58.2 Å². The minimum absolute atomic E-state index is 0.178. The summed E-state index contributed by atoms with van der Waals surface area (Å²) in [4.78, 5) is 24.8. The minimum Gasteiger partial charge on any atom is -0.322 e. The summed E-state index contributed by atoms with van der Waals surface area (Å²) in [6.07, 6.45) is 0. The van der Waals surface area contributed by atoms with Gasteiger partial charge in [-0.25, -0.2) is 0 Å². The zero-order chi connectivity index (χ0) is 20.3. The second-order valence-corrected chi connectivity index (χ2v) is 7.27. The van der Waals surface area contributed by atoms with Crippen LogP contribution in [0.2, 0.25) is 10.0 Å². The molecule has 4 nitrogen and oxygen atoms in total. The lowest BCUT2D eigenvalue weighted by Gasteiger charge is -2.10. The number of halogens is 2. The van der Waals surface area contributed by atoms with E-state index in [1.165, 1.54) is 6.07 Å². The highest BCUT2D eigenvalue weighted by Gasteiger charge is 2.12. The van der Waals surface area contributed by atoms with Gasteiger partial charge in [-0.15, -0.1) is 0 Å². The van der Waals surface area contributed by atoms with Crippen molar-refractivity contribution in [2.75, 3.05) is 10.6 Å². The van der Waals surface area contributed by atoms with E-state index in [-0.39, 0.29) is 16.8 Å². The molecule has 3 aromatic rings. The number of carbonyl (C=O) groups excluding carboxylic acids is 2. The molecule has 0 bridgehead atoms. The molecule has 6 heteroatoms. The van der Waals surface area contributed by atoms with E-state index in [2.05, 4.69) is 10.6 Å². The van der Waals surface area contributed by atoms with Crippen molar-refractivity contribution < 1.29 is 9.59 Å². The fourth-order valence-corrected chi connectivity index (χ4v) is 3.27. The number of hydrogen-bond donors (Lipinski definition) is 2. The Morgan fingerprint density at radius 3 is 1.79 bits per heavy atom. The van der Waals surface area contributed by atoms with Crippen molar-refractivity contribution in [3.8, 4) is 0 Å². The van der Waals surface area contributed by atoms with Gasteiger partial charge in [-0.05, 0) is 67.9 Å². The molecule has 28 heavy (non-hydrogen) atoms. The van der Waals surface area contributed by atoms with Gasteiger partial charge in [0.2, 0.25) is 0 Å². The van der Waals surface area contributed by atoms with E-state index < -0.39 is 0 Å². The highest BCUT2D eigenvalue weighted by molar-refractivity contribution is 6.37. The van der Waals surface area contributed by atoms with E-state index in [0.717, 1.165) is 11.1 Å². The average Bonchev–Trinajstić information content (AvgIpc) is 2.63. The number of benzene rings is 3. The van der Waals surface area contributed by atoms with E-state index >= 15 is 0 Å². The van der Waals surface area contributed by atoms with Crippen LogP contribution < -0.4 is 10.6 Å². The molecule has 0 saturated heterocycles. The quantitative estimate of drug-likeness (QED) is 0.542. The molecule has 3 rings (SSSR count). The lowest BCUT2D eigenvalue weighted by molar-refractivity contribution is 0.101. The predicted molar refractivity (Wildman–Crippen MR) is 115 cm³/mol. The van der Waals surface area contributed by atoms with Crippen LogP contribution in [-0.2, 0) is 0 Å². The number of nitrogens with one attached hydrogen (secondary N) is 2. The molecular weight excluding hydrogens is 395 g/mol. The van der Waals surface area contributed by atoms with Gasteiger partial charge in [-0.2, -0.15) is 0 Å². The van der Waals surface area contributed by atoms with Crippen LogP contribution in [0.5, 0.6) is 0 Å². The first-order chi connectivity index (χ1) is 13.3. The molecule has 0 aliphatic rings. The Morgan fingerprint density at radius 2 is 1.25 bits per heavy atom. The number of hydrogen-bond acceptors (Lipinski definition) is 2. The summed E-state index contributed by atoms with van der Waals surface area (Å²) in [7, 11) is 0. The smallest absolute Gasteiger partial charge is 0.257 e. The van der Waals surface area contributed by atoms with Crippen LogP contribution in [0.1, 0.15) is 31.8 Å². The molecule has 3 aromatic carbocycles. The fraction of sp³-hybridized carbons (Fsp3) is 0.0909. The number of carbonyl (C=O) groups is 2. The third-order valence-corrected chi connectivity index (χ3v) is 4.75. The van der Waals surface area contributed by atoms with Crippen LogP contribution in [0, 0.1) is 13.8 Å². The molecule has 2 amide bonds. The number of anilines is 2. The third kappa shape index (κ3) is 4.71. The Morgan fingerprint density at radius 1 is 0.714 bits per heavy atom. The predicted octanol–water partition coefficient (Wildman–Crippen LogP) is 6.11. The SMILES string of the molecule is Cc1ccc(C(=O)Nc2ccc(NC(=O)c3ccc(Cl)cc3Cl)cc2)c(C)c1. The Hall–Kier alpha value is -2.82. The molecule has 0 unspecified atom stereocenters. The van der Waals surface area contributed by atoms with Crippen molar-refractivity contribution in [3.63, 3.8) is 0 Å².